The molecule has 2 atom stereocenters. The first kappa shape index (κ1) is 11.0. The second-order valence-electron chi connectivity index (χ2n) is 4.21. The minimum atomic E-state index is 0.682. The molecule has 1 heterocycles. The van der Waals surface area contributed by atoms with Crippen LogP contribution in [0.15, 0.2) is 0 Å². The Labute approximate surface area is 82.7 Å². The highest BCUT2D eigenvalue weighted by Gasteiger charge is 2.18. The van der Waals surface area contributed by atoms with E-state index in [2.05, 4.69) is 31.0 Å². The molecule has 13 heavy (non-hydrogen) atoms. The fourth-order valence-electron chi connectivity index (χ4n) is 2.00. The number of nitrogens with one attached hydrogen (secondary N) is 1. The van der Waals surface area contributed by atoms with Gasteiger partial charge in [-0.3, -0.25) is 0 Å². The monoisotopic (exact) mass is 184 g/mol. The molecule has 0 aromatic rings. The summed E-state index contributed by atoms with van der Waals surface area (Å²) in [7, 11) is 0. The lowest BCUT2D eigenvalue weighted by Crippen LogP contribution is -2.48. The second-order valence-corrected chi connectivity index (χ2v) is 4.21. The summed E-state index contributed by atoms with van der Waals surface area (Å²) < 4.78 is 0. The van der Waals surface area contributed by atoms with Gasteiger partial charge in [0.2, 0.25) is 0 Å². The molecule has 1 fully saturated rings. The number of nitrogens with zero attached hydrogens (tertiary/aromatic N) is 1. The van der Waals surface area contributed by atoms with E-state index < -0.39 is 0 Å². The molecule has 0 spiro atoms. The fraction of sp³-hybridized carbons (Fsp3) is 1.00. The number of hydrogen-bond acceptors (Lipinski definition) is 2. The highest BCUT2D eigenvalue weighted by atomic mass is 15.2. The van der Waals surface area contributed by atoms with Crippen molar-refractivity contribution in [2.75, 3.05) is 19.6 Å². The maximum absolute atomic E-state index is 3.69. The van der Waals surface area contributed by atoms with Gasteiger partial charge in [0, 0.05) is 18.6 Å². The Morgan fingerprint density at radius 3 is 2.85 bits per heavy atom. The minimum absolute atomic E-state index is 0.682. The highest BCUT2D eigenvalue weighted by Crippen LogP contribution is 2.10. The zero-order valence-electron chi connectivity index (χ0n) is 9.34. The predicted octanol–water partition coefficient (Wildman–Crippen LogP) is 1.86. The van der Waals surface area contributed by atoms with Gasteiger partial charge in [0.25, 0.3) is 0 Å². The van der Waals surface area contributed by atoms with Crippen molar-refractivity contribution in [2.45, 2.75) is 52.1 Å². The normalized spacial score (nSPS) is 27.5. The lowest BCUT2D eigenvalue weighted by atomic mass is 10.0. The third-order valence-electron chi connectivity index (χ3n) is 3.09. The Bertz CT molecular complexity index is 134. The molecule has 1 N–H and O–H groups in total. The number of piperidine rings is 1. The molecule has 1 saturated heterocycles. The Morgan fingerprint density at radius 1 is 1.46 bits per heavy atom. The van der Waals surface area contributed by atoms with Crippen molar-refractivity contribution >= 4 is 0 Å². The van der Waals surface area contributed by atoms with Crippen LogP contribution in [-0.2, 0) is 0 Å². The third kappa shape index (κ3) is 3.65. The molecule has 1 aliphatic rings. The van der Waals surface area contributed by atoms with Crippen LogP contribution < -0.4 is 5.32 Å². The van der Waals surface area contributed by atoms with Crippen LogP contribution in [0.5, 0.6) is 0 Å². The SMILES string of the molecule is CCC(C)NC1CCCN(CC)C1. The van der Waals surface area contributed by atoms with E-state index >= 15 is 0 Å². The molecule has 78 valence electrons. The number of rotatable bonds is 4. The third-order valence-corrected chi connectivity index (χ3v) is 3.09. The van der Waals surface area contributed by atoms with Gasteiger partial charge in [-0.05, 0) is 39.3 Å². The predicted molar refractivity (Wildman–Crippen MR) is 58.0 cm³/mol. The summed E-state index contributed by atoms with van der Waals surface area (Å²) in [6, 6.07) is 1.42. The first-order valence-corrected chi connectivity index (χ1v) is 5.74. The summed E-state index contributed by atoms with van der Waals surface area (Å²) in [6.45, 7) is 10.5. The molecule has 0 saturated carbocycles. The van der Waals surface area contributed by atoms with Crippen LogP contribution in [0.4, 0.5) is 0 Å². The van der Waals surface area contributed by atoms with Gasteiger partial charge in [-0.15, -0.1) is 0 Å². The van der Waals surface area contributed by atoms with Gasteiger partial charge in [-0.1, -0.05) is 13.8 Å². The lowest BCUT2D eigenvalue weighted by Gasteiger charge is -2.33. The molecule has 2 heteroatoms. The van der Waals surface area contributed by atoms with Gasteiger partial charge in [0.1, 0.15) is 0 Å². The second kappa shape index (κ2) is 5.61. The molecule has 1 aliphatic heterocycles. The zero-order chi connectivity index (χ0) is 9.68. The summed E-state index contributed by atoms with van der Waals surface area (Å²) >= 11 is 0. The zero-order valence-corrected chi connectivity index (χ0v) is 9.34. The van der Waals surface area contributed by atoms with Crippen LogP contribution in [0.25, 0.3) is 0 Å². The van der Waals surface area contributed by atoms with E-state index in [4.69, 9.17) is 0 Å². The van der Waals surface area contributed by atoms with Crippen molar-refractivity contribution in [1.29, 1.82) is 0 Å². The van der Waals surface area contributed by atoms with E-state index in [1.165, 1.54) is 38.9 Å². The molecule has 1 rings (SSSR count). The molecule has 2 nitrogen and oxygen atoms in total. The van der Waals surface area contributed by atoms with Crippen molar-refractivity contribution in [2.24, 2.45) is 0 Å². The summed E-state index contributed by atoms with van der Waals surface area (Å²) in [5.41, 5.74) is 0. The van der Waals surface area contributed by atoms with Crippen LogP contribution in [0.2, 0.25) is 0 Å². The van der Waals surface area contributed by atoms with Gasteiger partial charge >= 0.3 is 0 Å². The molecule has 0 amide bonds. The summed E-state index contributed by atoms with van der Waals surface area (Å²) in [5, 5.41) is 3.69. The quantitative estimate of drug-likeness (QED) is 0.717. The number of hydrogen-bond donors (Lipinski definition) is 1. The Hall–Kier alpha value is -0.0800. The average Bonchev–Trinajstić information content (AvgIpc) is 2.18. The first-order valence-electron chi connectivity index (χ1n) is 5.74. The summed E-state index contributed by atoms with van der Waals surface area (Å²) in [5.74, 6) is 0. The Morgan fingerprint density at radius 2 is 2.23 bits per heavy atom. The molecule has 2 unspecified atom stereocenters. The van der Waals surface area contributed by atoms with E-state index in [1.54, 1.807) is 0 Å². The number of likely N-dealkylation sites (tertiary alicyclic amines) is 1. The van der Waals surface area contributed by atoms with Crippen molar-refractivity contribution in [1.82, 2.24) is 10.2 Å². The van der Waals surface area contributed by atoms with E-state index in [0.717, 1.165) is 6.04 Å². The highest BCUT2D eigenvalue weighted by molar-refractivity contribution is 4.79. The van der Waals surface area contributed by atoms with Crippen molar-refractivity contribution in [3.8, 4) is 0 Å². The van der Waals surface area contributed by atoms with Gasteiger partial charge < -0.3 is 10.2 Å². The van der Waals surface area contributed by atoms with Gasteiger partial charge in [-0.2, -0.15) is 0 Å². The van der Waals surface area contributed by atoms with E-state index in [9.17, 15) is 0 Å². The van der Waals surface area contributed by atoms with Gasteiger partial charge in [0.15, 0.2) is 0 Å². The standard InChI is InChI=1S/C11H24N2/c1-4-10(3)12-11-7-6-8-13(5-2)9-11/h10-12H,4-9H2,1-3H3. The average molecular weight is 184 g/mol. The van der Waals surface area contributed by atoms with E-state index in [1.807, 2.05) is 0 Å². The fourth-order valence-corrected chi connectivity index (χ4v) is 2.00. The Kier molecular flexibility index (Phi) is 4.74. The van der Waals surface area contributed by atoms with Crippen LogP contribution in [0.1, 0.15) is 40.0 Å². The van der Waals surface area contributed by atoms with E-state index in [0.29, 0.717) is 6.04 Å². The van der Waals surface area contributed by atoms with Gasteiger partial charge in [0.05, 0.1) is 0 Å². The van der Waals surface area contributed by atoms with Crippen molar-refractivity contribution in [3.05, 3.63) is 0 Å². The largest absolute Gasteiger partial charge is 0.310 e. The smallest absolute Gasteiger partial charge is 0.0197 e. The molecule has 0 radical (unpaired) electrons. The molecule has 0 aromatic heterocycles. The van der Waals surface area contributed by atoms with Crippen LogP contribution in [0.3, 0.4) is 0 Å². The molecule has 0 bridgehead atoms. The minimum Gasteiger partial charge on any atom is -0.310 e. The van der Waals surface area contributed by atoms with Crippen LogP contribution >= 0.6 is 0 Å². The molecular formula is C11H24N2. The lowest BCUT2D eigenvalue weighted by molar-refractivity contribution is 0.191. The van der Waals surface area contributed by atoms with Gasteiger partial charge in [-0.25, -0.2) is 0 Å². The molecule has 0 aromatic carbocycles. The van der Waals surface area contributed by atoms with Crippen LogP contribution in [0, 0.1) is 0 Å². The van der Waals surface area contributed by atoms with Crippen molar-refractivity contribution in [3.63, 3.8) is 0 Å². The van der Waals surface area contributed by atoms with Crippen LogP contribution in [-0.4, -0.2) is 36.6 Å². The summed E-state index contributed by atoms with van der Waals surface area (Å²) in [4.78, 5) is 2.55. The van der Waals surface area contributed by atoms with Crippen molar-refractivity contribution < 1.29 is 0 Å². The summed E-state index contributed by atoms with van der Waals surface area (Å²) in [6.07, 6.45) is 3.96. The molecular weight excluding hydrogens is 160 g/mol. The molecule has 0 aliphatic carbocycles. The maximum atomic E-state index is 3.69. The topological polar surface area (TPSA) is 15.3 Å². The Balaban J connectivity index is 2.25. The maximum Gasteiger partial charge on any atom is 0.0197 e. The number of likely N-dealkylation sites (N-methyl/N-ethyl adjacent to an activating group) is 1. The first-order chi connectivity index (χ1) is 6.26. The van der Waals surface area contributed by atoms with E-state index in [-0.39, 0.29) is 0 Å².